The van der Waals surface area contributed by atoms with Gasteiger partial charge in [-0.05, 0) is 45.6 Å². The zero-order valence-corrected chi connectivity index (χ0v) is 24.6. The van der Waals surface area contributed by atoms with Gasteiger partial charge in [-0.25, -0.2) is 9.78 Å². The molecule has 216 valence electrons. The van der Waals surface area contributed by atoms with Gasteiger partial charge in [0.05, 0.1) is 29.8 Å². The van der Waals surface area contributed by atoms with Gasteiger partial charge >= 0.3 is 6.09 Å². The van der Waals surface area contributed by atoms with E-state index in [9.17, 15) is 9.59 Å². The Labute approximate surface area is 243 Å². The Morgan fingerprint density at radius 1 is 1.00 bits per heavy atom. The summed E-state index contributed by atoms with van der Waals surface area (Å²) >= 11 is 0. The van der Waals surface area contributed by atoms with Crippen molar-refractivity contribution in [2.24, 2.45) is 0 Å². The van der Waals surface area contributed by atoms with E-state index in [1.165, 1.54) is 5.56 Å². The van der Waals surface area contributed by atoms with Crippen molar-refractivity contribution in [2.45, 2.75) is 77.0 Å². The molecule has 1 aliphatic heterocycles. The lowest BCUT2D eigenvalue weighted by molar-refractivity contribution is -0.122. The van der Waals surface area contributed by atoms with Crippen LogP contribution < -0.4 is 0 Å². The van der Waals surface area contributed by atoms with Crippen LogP contribution in [0.5, 0.6) is 0 Å². The molecule has 41 heavy (non-hydrogen) atoms. The summed E-state index contributed by atoms with van der Waals surface area (Å²) in [4.78, 5) is 35.3. The number of ketones is 1. The average Bonchev–Trinajstić information content (AvgIpc) is 3.28. The van der Waals surface area contributed by atoms with Gasteiger partial charge in [-0.15, -0.1) is 0 Å². The number of imidazole rings is 1. The molecule has 0 bridgehead atoms. The predicted molar refractivity (Wildman–Crippen MR) is 162 cm³/mol. The van der Waals surface area contributed by atoms with E-state index in [1.807, 2.05) is 68.4 Å². The molecular formula is C34H42N4O3. The molecule has 2 fully saturated rings. The lowest BCUT2D eigenvalue weighted by atomic mass is 9.99. The number of nitrogens with zero attached hydrogens (tertiary/aromatic N) is 4. The van der Waals surface area contributed by atoms with Crippen molar-refractivity contribution >= 4 is 17.6 Å². The van der Waals surface area contributed by atoms with E-state index in [0.717, 1.165) is 54.8 Å². The highest BCUT2D eigenvalue weighted by atomic mass is 16.6. The Morgan fingerprint density at radius 2 is 1.71 bits per heavy atom. The lowest BCUT2D eigenvalue weighted by Gasteiger charge is -2.43. The zero-order chi connectivity index (χ0) is 29.0. The number of Topliss-reactive ketones (excluding diaryl/α,β-unsaturated/α-hetero) is 1. The minimum atomic E-state index is -0.556. The molecule has 1 saturated heterocycles. The van der Waals surface area contributed by atoms with E-state index >= 15 is 0 Å². The molecule has 7 heteroatoms. The van der Waals surface area contributed by atoms with Crippen LogP contribution in [-0.2, 0) is 16.0 Å². The highest BCUT2D eigenvalue weighted by Gasteiger charge is 2.35. The standard InChI is InChI=1S/C34H42N4O3/c1-25(31-32(27-16-10-6-11-17-27)38(24-35-31)29-18-12-7-13-19-30(29)39)37-21-20-36(33(40)41-34(2,3)4)23-28(37)22-26-14-8-5-9-15-26/h5-6,8-11,14-17,24,28-29H,1,7,12-13,18-23H2,2-4H3/t28-,29?/m1/s1. The largest absolute Gasteiger partial charge is 0.444 e. The number of carbonyl (C=O) groups excluding carboxylic acids is 2. The van der Waals surface area contributed by atoms with Crippen molar-refractivity contribution in [1.29, 1.82) is 0 Å². The molecule has 3 aromatic rings. The van der Waals surface area contributed by atoms with Crippen molar-refractivity contribution < 1.29 is 14.3 Å². The summed E-state index contributed by atoms with van der Waals surface area (Å²) < 4.78 is 7.81. The molecule has 2 aromatic carbocycles. The normalized spacial score (nSPS) is 20.0. The fourth-order valence-corrected chi connectivity index (χ4v) is 6.03. The molecule has 0 radical (unpaired) electrons. The van der Waals surface area contributed by atoms with Crippen LogP contribution in [0.2, 0.25) is 0 Å². The maximum absolute atomic E-state index is 13.2. The van der Waals surface area contributed by atoms with E-state index in [4.69, 9.17) is 9.72 Å². The Kier molecular flexibility index (Phi) is 8.62. The molecule has 2 heterocycles. The van der Waals surface area contributed by atoms with Crippen molar-refractivity contribution in [3.05, 3.63) is 84.8 Å². The number of hydrogen-bond donors (Lipinski definition) is 0. The van der Waals surface area contributed by atoms with Gasteiger partial charge in [-0.2, -0.15) is 0 Å². The molecule has 1 aliphatic carbocycles. The Morgan fingerprint density at radius 3 is 2.41 bits per heavy atom. The molecule has 0 N–H and O–H groups in total. The fourth-order valence-electron chi connectivity index (χ4n) is 6.03. The molecular weight excluding hydrogens is 512 g/mol. The van der Waals surface area contributed by atoms with E-state index in [2.05, 4.69) is 40.3 Å². The van der Waals surface area contributed by atoms with E-state index < -0.39 is 5.60 Å². The first kappa shape index (κ1) is 28.7. The van der Waals surface area contributed by atoms with Gasteiger partial charge in [0.2, 0.25) is 0 Å². The predicted octanol–water partition coefficient (Wildman–Crippen LogP) is 6.76. The van der Waals surface area contributed by atoms with Crippen molar-refractivity contribution in [2.75, 3.05) is 19.6 Å². The quantitative estimate of drug-likeness (QED) is 0.315. The minimum absolute atomic E-state index is 0.0144. The summed E-state index contributed by atoms with van der Waals surface area (Å²) in [6.07, 6.45) is 6.80. The summed E-state index contributed by atoms with van der Waals surface area (Å²) in [7, 11) is 0. The molecule has 2 aliphatic rings. The summed E-state index contributed by atoms with van der Waals surface area (Å²) in [5.41, 5.74) is 4.19. The second-order valence-corrected chi connectivity index (χ2v) is 12.2. The smallest absolute Gasteiger partial charge is 0.410 e. The third-order valence-electron chi connectivity index (χ3n) is 8.02. The SMILES string of the molecule is C=C(c1ncn(C2CCCCCC2=O)c1-c1ccccc1)N1CCN(C(=O)OC(C)(C)C)C[C@H]1Cc1ccccc1. The van der Waals surface area contributed by atoms with Gasteiger partial charge < -0.3 is 19.1 Å². The van der Waals surface area contributed by atoms with Gasteiger partial charge in [-0.3, -0.25) is 4.79 Å². The molecule has 0 spiro atoms. The lowest BCUT2D eigenvalue weighted by Crippen LogP contribution is -2.55. The monoisotopic (exact) mass is 554 g/mol. The van der Waals surface area contributed by atoms with Gasteiger partial charge in [0.15, 0.2) is 5.78 Å². The number of hydrogen-bond acceptors (Lipinski definition) is 5. The Hall–Kier alpha value is -3.87. The van der Waals surface area contributed by atoms with Crippen LogP contribution in [0, 0.1) is 0 Å². The summed E-state index contributed by atoms with van der Waals surface area (Å²) in [6, 6.07) is 20.3. The van der Waals surface area contributed by atoms with Crippen LogP contribution in [0.3, 0.4) is 0 Å². The number of rotatable bonds is 6. The molecule has 7 nitrogen and oxygen atoms in total. The maximum atomic E-state index is 13.2. The van der Waals surface area contributed by atoms with Crippen molar-refractivity contribution in [3.8, 4) is 11.3 Å². The molecule has 5 rings (SSSR count). The summed E-state index contributed by atoms with van der Waals surface area (Å²) in [5.74, 6) is 0.280. The fraction of sp³-hybridized carbons (Fsp3) is 0.441. The summed E-state index contributed by atoms with van der Waals surface area (Å²) in [6.45, 7) is 11.9. The Balaban J connectivity index is 1.49. The molecule has 2 atom stereocenters. The van der Waals surface area contributed by atoms with Gasteiger partial charge in [-0.1, -0.05) is 80.1 Å². The second kappa shape index (κ2) is 12.3. The average molecular weight is 555 g/mol. The second-order valence-electron chi connectivity index (χ2n) is 12.2. The van der Waals surface area contributed by atoms with Crippen LogP contribution in [0.4, 0.5) is 4.79 Å². The molecule has 1 amide bonds. The van der Waals surface area contributed by atoms with E-state index in [-0.39, 0.29) is 24.0 Å². The first-order chi connectivity index (χ1) is 19.7. The molecule has 1 saturated carbocycles. The Bertz CT molecular complexity index is 1360. The van der Waals surface area contributed by atoms with Crippen molar-refractivity contribution in [1.82, 2.24) is 19.4 Å². The number of carbonyl (C=O) groups is 2. The van der Waals surface area contributed by atoms with Crippen LogP contribution >= 0.6 is 0 Å². The first-order valence-electron chi connectivity index (χ1n) is 14.8. The van der Waals surface area contributed by atoms with Gasteiger partial charge in [0.1, 0.15) is 11.3 Å². The number of ether oxygens (including phenoxy) is 1. The highest BCUT2D eigenvalue weighted by molar-refractivity contribution is 5.85. The van der Waals surface area contributed by atoms with Crippen LogP contribution in [0.15, 0.2) is 73.6 Å². The van der Waals surface area contributed by atoms with E-state index in [1.54, 1.807) is 0 Å². The number of aromatic nitrogens is 2. The van der Waals surface area contributed by atoms with Crippen LogP contribution in [0.25, 0.3) is 17.0 Å². The third-order valence-corrected chi connectivity index (χ3v) is 8.02. The number of amides is 1. The first-order valence-corrected chi connectivity index (χ1v) is 14.8. The van der Waals surface area contributed by atoms with Crippen LogP contribution in [-0.4, -0.2) is 62.5 Å². The maximum Gasteiger partial charge on any atom is 0.410 e. The number of benzene rings is 2. The van der Waals surface area contributed by atoms with Gasteiger partial charge in [0.25, 0.3) is 0 Å². The van der Waals surface area contributed by atoms with Gasteiger partial charge in [0, 0.05) is 31.6 Å². The number of piperazine rings is 1. The van der Waals surface area contributed by atoms with E-state index in [0.29, 0.717) is 26.1 Å². The third kappa shape index (κ3) is 6.72. The molecule has 1 unspecified atom stereocenters. The summed E-state index contributed by atoms with van der Waals surface area (Å²) in [5, 5.41) is 0. The minimum Gasteiger partial charge on any atom is -0.444 e. The highest BCUT2D eigenvalue weighted by Crippen LogP contribution is 2.36. The van der Waals surface area contributed by atoms with Crippen LogP contribution in [0.1, 0.15) is 70.2 Å². The zero-order valence-electron chi connectivity index (χ0n) is 24.6. The van der Waals surface area contributed by atoms with Crippen molar-refractivity contribution in [3.63, 3.8) is 0 Å². The molecule has 1 aromatic heterocycles. The topological polar surface area (TPSA) is 67.7 Å².